The minimum absolute atomic E-state index is 0.288. The molecule has 4 N–H and O–H groups in total. The molecule has 2 aromatic carbocycles. The Bertz CT molecular complexity index is 1050. The van der Waals surface area contributed by atoms with Crippen LogP contribution in [0.25, 0.3) is 0 Å². The third kappa shape index (κ3) is 8.77. The SMILES string of the molecule is Cc1ccc(NC(=O)Nc2ccccc2)cc1NC(=O)NCCN1CCN(C(=O)OC(C)(C)C)CC1. The number of rotatable bonds is 6. The van der Waals surface area contributed by atoms with Crippen molar-refractivity contribution < 1.29 is 19.1 Å². The molecule has 2 aromatic rings. The molecule has 0 saturated carbocycles. The molecule has 0 spiro atoms. The van der Waals surface area contributed by atoms with E-state index in [1.165, 1.54) is 0 Å². The third-order valence-corrected chi connectivity index (χ3v) is 5.51. The van der Waals surface area contributed by atoms with E-state index < -0.39 is 5.60 Å². The number of hydrogen-bond acceptors (Lipinski definition) is 5. The molecule has 1 saturated heterocycles. The molecule has 1 fully saturated rings. The fourth-order valence-corrected chi connectivity index (χ4v) is 3.62. The summed E-state index contributed by atoms with van der Waals surface area (Å²) in [5.41, 5.74) is 2.22. The Hall–Kier alpha value is -3.79. The van der Waals surface area contributed by atoms with Gasteiger partial charge >= 0.3 is 18.2 Å². The number of benzene rings is 2. The van der Waals surface area contributed by atoms with Crippen molar-refractivity contribution >= 4 is 35.2 Å². The van der Waals surface area contributed by atoms with Crippen LogP contribution < -0.4 is 21.3 Å². The number of urea groups is 2. The Morgan fingerprint density at radius 2 is 1.53 bits per heavy atom. The van der Waals surface area contributed by atoms with Crippen LogP contribution in [0.5, 0.6) is 0 Å². The van der Waals surface area contributed by atoms with Gasteiger partial charge in [0.05, 0.1) is 0 Å². The number of para-hydroxylation sites is 1. The molecule has 10 nitrogen and oxygen atoms in total. The monoisotopic (exact) mass is 496 g/mol. The highest BCUT2D eigenvalue weighted by Crippen LogP contribution is 2.20. The first-order chi connectivity index (χ1) is 17.1. The number of aryl methyl sites for hydroxylation is 1. The van der Waals surface area contributed by atoms with Crippen molar-refractivity contribution in [2.24, 2.45) is 0 Å². The van der Waals surface area contributed by atoms with Crippen LogP contribution in [-0.2, 0) is 4.74 Å². The minimum atomic E-state index is -0.506. The molecule has 0 aromatic heterocycles. The summed E-state index contributed by atoms with van der Waals surface area (Å²) < 4.78 is 5.42. The lowest BCUT2D eigenvalue weighted by Gasteiger charge is -2.35. The molecule has 0 bridgehead atoms. The van der Waals surface area contributed by atoms with Crippen LogP contribution in [0.2, 0.25) is 0 Å². The Labute approximate surface area is 212 Å². The molecule has 0 unspecified atom stereocenters. The van der Waals surface area contributed by atoms with Crippen LogP contribution in [0.4, 0.5) is 31.4 Å². The average Bonchev–Trinajstić information content (AvgIpc) is 2.81. The molecule has 36 heavy (non-hydrogen) atoms. The van der Waals surface area contributed by atoms with Crippen molar-refractivity contribution in [2.75, 3.05) is 55.2 Å². The summed E-state index contributed by atoms with van der Waals surface area (Å²) in [5.74, 6) is 0. The fraction of sp³-hybridized carbons (Fsp3) is 0.423. The van der Waals surface area contributed by atoms with E-state index in [4.69, 9.17) is 4.74 Å². The Kier molecular flexibility index (Phi) is 9.13. The van der Waals surface area contributed by atoms with Gasteiger partial charge in [0.25, 0.3) is 0 Å². The number of amides is 5. The van der Waals surface area contributed by atoms with E-state index in [1.807, 2.05) is 52.0 Å². The van der Waals surface area contributed by atoms with Gasteiger partial charge in [-0.15, -0.1) is 0 Å². The summed E-state index contributed by atoms with van der Waals surface area (Å²) in [6, 6.07) is 13.8. The van der Waals surface area contributed by atoms with Crippen molar-refractivity contribution in [3.8, 4) is 0 Å². The van der Waals surface area contributed by atoms with Crippen molar-refractivity contribution in [1.82, 2.24) is 15.1 Å². The van der Waals surface area contributed by atoms with Crippen LogP contribution >= 0.6 is 0 Å². The fourth-order valence-electron chi connectivity index (χ4n) is 3.62. The molecule has 1 heterocycles. The van der Waals surface area contributed by atoms with E-state index in [0.29, 0.717) is 43.2 Å². The topological polar surface area (TPSA) is 115 Å². The van der Waals surface area contributed by atoms with E-state index in [-0.39, 0.29) is 18.2 Å². The Morgan fingerprint density at radius 1 is 0.861 bits per heavy atom. The van der Waals surface area contributed by atoms with Crippen molar-refractivity contribution in [2.45, 2.75) is 33.3 Å². The molecule has 5 amide bonds. The summed E-state index contributed by atoms with van der Waals surface area (Å²) in [6.45, 7) is 11.2. The van der Waals surface area contributed by atoms with Crippen molar-refractivity contribution in [1.29, 1.82) is 0 Å². The molecule has 0 radical (unpaired) electrons. The molecule has 0 aliphatic carbocycles. The van der Waals surface area contributed by atoms with Crippen LogP contribution in [0.3, 0.4) is 0 Å². The Morgan fingerprint density at radius 3 is 2.19 bits per heavy atom. The smallest absolute Gasteiger partial charge is 0.410 e. The number of nitrogens with one attached hydrogen (secondary N) is 4. The van der Waals surface area contributed by atoms with E-state index in [9.17, 15) is 14.4 Å². The van der Waals surface area contributed by atoms with Gasteiger partial charge in [-0.1, -0.05) is 24.3 Å². The summed E-state index contributed by atoms with van der Waals surface area (Å²) in [7, 11) is 0. The zero-order chi connectivity index (χ0) is 26.1. The van der Waals surface area contributed by atoms with Crippen LogP contribution in [-0.4, -0.2) is 72.8 Å². The number of anilines is 3. The third-order valence-electron chi connectivity index (χ3n) is 5.51. The lowest BCUT2D eigenvalue weighted by atomic mass is 10.2. The molecule has 1 aliphatic heterocycles. The second-order valence-electron chi connectivity index (χ2n) is 9.66. The van der Waals surface area contributed by atoms with Gasteiger partial charge in [-0.2, -0.15) is 0 Å². The summed E-state index contributed by atoms with van der Waals surface area (Å²) >= 11 is 0. The second kappa shape index (κ2) is 12.3. The number of carbonyl (C=O) groups is 3. The maximum atomic E-state index is 12.4. The predicted octanol–water partition coefficient (Wildman–Crippen LogP) is 4.31. The van der Waals surface area contributed by atoms with Crippen molar-refractivity contribution in [3.63, 3.8) is 0 Å². The van der Waals surface area contributed by atoms with Gasteiger partial charge < -0.3 is 30.9 Å². The van der Waals surface area contributed by atoms with Crippen LogP contribution in [0.15, 0.2) is 48.5 Å². The first-order valence-corrected chi connectivity index (χ1v) is 12.1. The van der Waals surface area contributed by atoms with E-state index in [2.05, 4.69) is 26.2 Å². The summed E-state index contributed by atoms with van der Waals surface area (Å²) in [4.78, 5) is 40.8. The molecular formula is C26H36N6O4. The average molecular weight is 497 g/mol. The quantitative estimate of drug-likeness (QED) is 0.476. The zero-order valence-electron chi connectivity index (χ0n) is 21.4. The van der Waals surface area contributed by atoms with E-state index >= 15 is 0 Å². The van der Waals surface area contributed by atoms with Crippen LogP contribution in [0, 0.1) is 6.92 Å². The minimum Gasteiger partial charge on any atom is -0.444 e. The second-order valence-corrected chi connectivity index (χ2v) is 9.66. The first-order valence-electron chi connectivity index (χ1n) is 12.1. The highest BCUT2D eigenvalue weighted by atomic mass is 16.6. The van der Waals surface area contributed by atoms with Gasteiger partial charge in [0, 0.05) is 56.3 Å². The molecule has 10 heteroatoms. The molecule has 0 atom stereocenters. The maximum Gasteiger partial charge on any atom is 0.410 e. The van der Waals surface area contributed by atoms with Crippen LogP contribution in [0.1, 0.15) is 26.3 Å². The van der Waals surface area contributed by atoms with Gasteiger partial charge in [-0.05, 0) is 57.5 Å². The number of piperazine rings is 1. The number of hydrogen-bond donors (Lipinski definition) is 4. The van der Waals surface area contributed by atoms with Gasteiger partial charge in [-0.25, -0.2) is 14.4 Å². The van der Waals surface area contributed by atoms with Gasteiger partial charge in [-0.3, -0.25) is 4.90 Å². The van der Waals surface area contributed by atoms with Gasteiger partial charge in [0.2, 0.25) is 0 Å². The lowest BCUT2D eigenvalue weighted by molar-refractivity contribution is 0.0147. The Balaban J connectivity index is 1.40. The summed E-state index contributed by atoms with van der Waals surface area (Å²) in [6.07, 6.45) is -0.288. The standard InChI is InChI=1S/C26H36N6O4/c1-19-10-11-21(29-24(34)28-20-8-6-5-7-9-20)18-22(19)30-23(33)27-12-13-31-14-16-32(17-15-31)25(35)36-26(2,3)4/h5-11,18H,12-17H2,1-4H3,(H2,27,30,33)(H2,28,29,34). The summed E-state index contributed by atoms with van der Waals surface area (Å²) in [5, 5.41) is 11.2. The number of carbonyl (C=O) groups excluding carboxylic acids is 3. The van der Waals surface area contributed by atoms with Gasteiger partial charge in [0.1, 0.15) is 5.60 Å². The molecule has 194 valence electrons. The molecular weight excluding hydrogens is 460 g/mol. The van der Waals surface area contributed by atoms with Crippen molar-refractivity contribution in [3.05, 3.63) is 54.1 Å². The largest absolute Gasteiger partial charge is 0.444 e. The van der Waals surface area contributed by atoms with E-state index in [0.717, 1.165) is 18.7 Å². The first kappa shape index (κ1) is 26.8. The number of ether oxygens (including phenoxy) is 1. The normalized spacial score (nSPS) is 14.1. The molecule has 1 aliphatic rings. The van der Waals surface area contributed by atoms with Gasteiger partial charge in [0.15, 0.2) is 0 Å². The predicted molar refractivity (Wildman–Crippen MR) is 142 cm³/mol. The van der Waals surface area contributed by atoms with E-state index in [1.54, 1.807) is 29.2 Å². The highest BCUT2D eigenvalue weighted by molar-refractivity contribution is 6.00. The maximum absolute atomic E-state index is 12.4. The zero-order valence-corrected chi connectivity index (χ0v) is 21.4. The lowest BCUT2D eigenvalue weighted by Crippen LogP contribution is -2.51. The highest BCUT2D eigenvalue weighted by Gasteiger charge is 2.25. The molecule has 3 rings (SSSR count). The number of nitrogens with zero attached hydrogens (tertiary/aromatic N) is 2.